The Balaban J connectivity index is 1.56. The second-order valence-corrected chi connectivity index (χ2v) is 20.2. The molecule has 82 heavy (non-hydrogen) atoms. The number of carbonyl (C=O) groups excluding carboxylic acids is 3. The van der Waals surface area contributed by atoms with E-state index in [0.29, 0.717) is 0 Å². The predicted molar refractivity (Wildman–Crippen MR) is 253 cm³/mol. The Morgan fingerprint density at radius 2 is 0.939 bits per heavy atom. The molecule has 30 atom stereocenters. The van der Waals surface area contributed by atoms with Crippen LogP contribution >= 0.6 is 0 Å². The molecular formula is C45H77N3O34. The van der Waals surface area contributed by atoms with Gasteiger partial charge in [-0.25, -0.2) is 4.79 Å². The molecule has 0 bridgehead atoms. The third kappa shape index (κ3) is 15.6. The maximum absolute atomic E-state index is 13.5. The molecule has 0 aliphatic carbocycles. The fraction of sp³-hybridized carbons (Fsp3) is 0.911. The molecule has 5 heterocycles. The zero-order valence-electron chi connectivity index (χ0n) is 44.1. The lowest BCUT2D eigenvalue weighted by Gasteiger charge is -2.52. The number of aliphatic hydroxyl groups is 19. The number of amides is 3. The molecule has 0 aromatic heterocycles. The van der Waals surface area contributed by atoms with Gasteiger partial charge in [0.1, 0.15) is 140 Å². The molecule has 0 saturated carbocycles. The summed E-state index contributed by atoms with van der Waals surface area (Å²) in [5, 5.41) is 221. The van der Waals surface area contributed by atoms with Crippen LogP contribution in [0, 0.1) is 0 Å². The summed E-state index contributed by atoms with van der Waals surface area (Å²) in [5.41, 5.74) is 0. The van der Waals surface area contributed by atoms with Gasteiger partial charge in [-0.3, -0.25) is 14.4 Å². The van der Waals surface area contributed by atoms with Gasteiger partial charge in [-0.05, 0) is 0 Å². The van der Waals surface area contributed by atoms with Gasteiger partial charge in [-0.15, -0.1) is 0 Å². The van der Waals surface area contributed by atoms with Crippen molar-refractivity contribution in [1.82, 2.24) is 16.0 Å². The average molecular weight is 1200 g/mol. The highest BCUT2D eigenvalue weighted by atomic mass is 16.8. The number of aliphatic hydroxyl groups excluding tert-OH is 19. The van der Waals surface area contributed by atoms with Gasteiger partial charge in [0.05, 0.1) is 58.4 Å². The summed E-state index contributed by atoms with van der Waals surface area (Å²) < 4.78 is 58.2. The molecule has 0 aromatic carbocycles. The lowest BCUT2D eigenvalue weighted by Crippen LogP contribution is -2.72. The zero-order chi connectivity index (χ0) is 61.4. The van der Waals surface area contributed by atoms with Crippen LogP contribution in [0.4, 0.5) is 0 Å². The number of ether oxygens (including phenoxy) is 10. The molecule has 476 valence electrons. The maximum atomic E-state index is 13.5. The van der Waals surface area contributed by atoms with Crippen LogP contribution in [0.3, 0.4) is 0 Å². The van der Waals surface area contributed by atoms with Crippen LogP contribution in [-0.4, -0.2) is 355 Å². The minimum absolute atomic E-state index is 0.876. The van der Waals surface area contributed by atoms with Crippen molar-refractivity contribution in [3.8, 4) is 0 Å². The molecule has 0 radical (unpaired) electrons. The minimum Gasteiger partial charge on any atom is -0.477 e. The molecular weight excluding hydrogens is 1130 g/mol. The minimum atomic E-state index is -3.38. The van der Waals surface area contributed by atoms with E-state index in [9.17, 15) is 121 Å². The topological polar surface area (TPSA) is 601 Å². The fourth-order valence-corrected chi connectivity index (χ4v) is 10.0. The van der Waals surface area contributed by atoms with Gasteiger partial charge >= 0.3 is 5.97 Å². The summed E-state index contributed by atoms with van der Waals surface area (Å²) in [4.78, 5) is 50.9. The van der Waals surface area contributed by atoms with Gasteiger partial charge in [0.15, 0.2) is 25.2 Å². The van der Waals surface area contributed by atoms with Gasteiger partial charge in [0, 0.05) is 27.2 Å². The molecule has 0 spiro atoms. The maximum Gasteiger partial charge on any atom is 0.364 e. The highest BCUT2D eigenvalue weighted by Crippen LogP contribution is 2.41. The van der Waals surface area contributed by atoms with Crippen LogP contribution in [0.25, 0.3) is 0 Å². The largest absolute Gasteiger partial charge is 0.477 e. The molecule has 37 heteroatoms. The Bertz CT molecular complexity index is 2040. The highest BCUT2D eigenvalue weighted by molar-refractivity contribution is 5.77. The molecule has 0 aromatic rings. The summed E-state index contributed by atoms with van der Waals surface area (Å²) in [6, 6.07) is -5.52. The third-order valence-corrected chi connectivity index (χ3v) is 14.3. The van der Waals surface area contributed by atoms with Crippen molar-refractivity contribution < 1.29 is 169 Å². The van der Waals surface area contributed by atoms with E-state index in [1.54, 1.807) is 0 Å². The van der Waals surface area contributed by atoms with Crippen LogP contribution in [0.1, 0.15) is 27.2 Å². The van der Waals surface area contributed by atoms with Crippen LogP contribution in [-0.2, 0) is 66.5 Å². The first-order valence-corrected chi connectivity index (χ1v) is 25.7. The molecule has 5 fully saturated rings. The number of rotatable bonds is 26. The lowest BCUT2D eigenvalue weighted by atomic mass is 9.88. The predicted octanol–water partition coefficient (Wildman–Crippen LogP) is -14.8. The normalized spacial score (nSPS) is 42.2. The number of carboxylic acid groups (broad SMARTS) is 1. The SMILES string of the molecule is CC(=O)N[C@H]1[C@H](O[C@H]2[C@@H](O)[C@@H](CO)O[C@@H](O[C@@H]([C@H](O)[C@@H](O)CO)[C@H](O)CO)[C@@H]2O)O[C@H](CO)[C@@H](O[C@@H]2O[C@H](CO)[C@H](O[C@@H]3O[C@H](CO)[C@H](O)[C@H](O)[C@H]3NC(C)=O)[C@H](O[C@]3(C(=O)O)C[C@H](O)[C@@H](NC(C)=O)[C@H]([C@H](O)[C@H](O)CO)O3)[C@H]2O)[C@@H]1O. The van der Waals surface area contributed by atoms with Crippen LogP contribution in [0.2, 0.25) is 0 Å². The summed E-state index contributed by atoms with van der Waals surface area (Å²) >= 11 is 0. The number of aliphatic carboxylic acids is 1. The van der Waals surface area contributed by atoms with E-state index in [1.807, 2.05) is 0 Å². The molecule has 5 saturated heterocycles. The molecule has 37 nitrogen and oxygen atoms in total. The van der Waals surface area contributed by atoms with Crippen molar-refractivity contribution in [2.24, 2.45) is 0 Å². The molecule has 5 rings (SSSR count). The molecule has 5 aliphatic heterocycles. The smallest absolute Gasteiger partial charge is 0.364 e. The van der Waals surface area contributed by atoms with Gasteiger partial charge < -0.3 is 165 Å². The van der Waals surface area contributed by atoms with E-state index in [0.717, 1.165) is 20.8 Å². The standard InChI is InChI=1S/C45H77N3O34/c1-12(56)46-23-15(59)4-45(44(71)72,81-37(23)27(64)17(61)6-50)82-39-33(70)43(76-22(11-55)36(39)79-40-24(47-13(2)57)30(67)28(65)19(8-52)73-40)78-35-21(10-54)75-41(25(31(35)68)48-14(3)58)80-38-29(66)20(9-53)74-42(32(38)69)77-34(18(62)7-51)26(63)16(60)5-49/h15-43,49-55,59-70H,4-11H2,1-3H3,(H,46,56)(H,47,57)(H,48,58)(H,71,72)/t15-,16-,17+,18+,19+,20+,21+,22+,23+,24+,25+,26+,27+,28-,29-,30+,31+,32+,33+,34+,35+,36-,37+,38-,39+,40-,41-,42-,43-,45-/m0/s1. The first-order valence-electron chi connectivity index (χ1n) is 25.7. The van der Waals surface area contributed by atoms with Gasteiger partial charge in [0.2, 0.25) is 17.7 Å². The molecule has 3 amide bonds. The summed E-state index contributed by atoms with van der Waals surface area (Å²) in [6.45, 7) is -5.15. The summed E-state index contributed by atoms with van der Waals surface area (Å²) in [6.07, 6.45) is -56.6. The number of hydrogen-bond donors (Lipinski definition) is 23. The summed E-state index contributed by atoms with van der Waals surface area (Å²) in [7, 11) is 0. The van der Waals surface area contributed by atoms with Crippen molar-refractivity contribution in [2.75, 3.05) is 46.2 Å². The molecule has 5 aliphatic rings. The van der Waals surface area contributed by atoms with E-state index < -0.39 is 260 Å². The molecule has 23 N–H and O–H groups in total. The number of nitrogens with one attached hydrogen (secondary N) is 3. The monoisotopic (exact) mass is 1200 g/mol. The Hall–Kier alpha value is -3.28. The van der Waals surface area contributed by atoms with Crippen molar-refractivity contribution in [1.29, 1.82) is 0 Å². The second kappa shape index (κ2) is 30.4. The third-order valence-electron chi connectivity index (χ3n) is 14.3. The fourth-order valence-electron chi connectivity index (χ4n) is 10.0. The van der Waals surface area contributed by atoms with E-state index in [-0.39, 0.29) is 0 Å². The van der Waals surface area contributed by atoms with E-state index in [2.05, 4.69) is 16.0 Å². The van der Waals surface area contributed by atoms with Crippen molar-refractivity contribution in [3.05, 3.63) is 0 Å². The quantitative estimate of drug-likeness (QED) is 0.0382. The Kier molecular flexibility index (Phi) is 25.7. The Morgan fingerprint density at radius 1 is 0.500 bits per heavy atom. The zero-order valence-corrected chi connectivity index (χ0v) is 44.1. The Morgan fingerprint density at radius 3 is 1.45 bits per heavy atom. The van der Waals surface area contributed by atoms with Crippen molar-refractivity contribution in [2.45, 2.75) is 211 Å². The van der Waals surface area contributed by atoms with Gasteiger partial charge in [0.25, 0.3) is 5.79 Å². The molecule has 0 unspecified atom stereocenters. The number of carboxylic acids is 1. The van der Waals surface area contributed by atoms with E-state index >= 15 is 0 Å². The van der Waals surface area contributed by atoms with Crippen LogP contribution < -0.4 is 16.0 Å². The number of hydrogen-bond acceptors (Lipinski definition) is 33. The van der Waals surface area contributed by atoms with Crippen molar-refractivity contribution >= 4 is 23.7 Å². The van der Waals surface area contributed by atoms with Crippen LogP contribution in [0.15, 0.2) is 0 Å². The highest BCUT2D eigenvalue weighted by Gasteiger charge is 2.62. The average Bonchev–Trinajstić information content (AvgIpc) is 3.47. The van der Waals surface area contributed by atoms with Gasteiger partial charge in [-0.1, -0.05) is 0 Å². The lowest BCUT2D eigenvalue weighted by molar-refractivity contribution is -0.401. The van der Waals surface area contributed by atoms with Crippen molar-refractivity contribution in [3.63, 3.8) is 0 Å². The van der Waals surface area contributed by atoms with E-state index in [1.165, 1.54) is 0 Å². The van der Waals surface area contributed by atoms with E-state index in [4.69, 9.17) is 47.4 Å². The number of carbonyl (C=O) groups is 4. The second-order valence-electron chi connectivity index (χ2n) is 20.2. The van der Waals surface area contributed by atoms with Gasteiger partial charge in [-0.2, -0.15) is 0 Å². The Labute approximate surface area is 464 Å². The first kappa shape index (κ1) is 69.5. The summed E-state index contributed by atoms with van der Waals surface area (Å²) in [5.74, 6) is -8.27. The van der Waals surface area contributed by atoms with Crippen LogP contribution in [0.5, 0.6) is 0 Å². The first-order chi connectivity index (χ1) is 38.6.